The Morgan fingerprint density at radius 3 is 2.46 bits per heavy atom. The van der Waals surface area contributed by atoms with E-state index >= 15 is 0 Å². The second-order valence-corrected chi connectivity index (χ2v) is 9.34. The van der Waals surface area contributed by atoms with E-state index in [-0.39, 0.29) is 18.2 Å². The third-order valence-corrected chi connectivity index (χ3v) is 6.76. The molecule has 1 aliphatic heterocycles. The van der Waals surface area contributed by atoms with Crippen molar-refractivity contribution in [1.82, 2.24) is 4.90 Å². The number of amides is 2. The highest BCUT2D eigenvalue weighted by Gasteiger charge is 2.36. The Hall–Kier alpha value is -3.49. The fraction of sp³-hybridized carbons (Fsp3) is 0.192. The van der Waals surface area contributed by atoms with Gasteiger partial charge in [-0.3, -0.25) is 14.5 Å². The van der Waals surface area contributed by atoms with E-state index < -0.39 is 5.25 Å². The van der Waals surface area contributed by atoms with Crippen LogP contribution in [0.4, 0.5) is 11.4 Å². The van der Waals surface area contributed by atoms with Crippen molar-refractivity contribution in [3.8, 4) is 11.5 Å². The van der Waals surface area contributed by atoms with Gasteiger partial charge in [0.25, 0.3) is 0 Å². The average molecular weight is 510 g/mol. The Bertz CT molecular complexity index is 1230. The van der Waals surface area contributed by atoms with E-state index in [1.165, 1.54) is 11.8 Å². The molecule has 1 N–H and O–H groups in total. The minimum Gasteiger partial charge on any atom is -0.497 e. The fourth-order valence-electron chi connectivity index (χ4n) is 3.46. The largest absolute Gasteiger partial charge is 0.497 e. The highest BCUT2D eigenvalue weighted by molar-refractivity contribution is 8.15. The molecular weight excluding hydrogens is 486 g/mol. The van der Waals surface area contributed by atoms with E-state index in [1.54, 1.807) is 67.7 Å². The second kappa shape index (κ2) is 11.3. The number of rotatable bonds is 7. The number of thioether (sulfide) groups is 1. The van der Waals surface area contributed by atoms with E-state index in [0.29, 0.717) is 33.9 Å². The molecule has 0 bridgehead atoms. The van der Waals surface area contributed by atoms with Gasteiger partial charge >= 0.3 is 0 Å². The highest BCUT2D eigenvalue weighted by Crippen LogP contribution is 2.32. The lowest BCUT2D eigenvalue weighted by Gasteiger charge is -2.32. The van der Waals surface area contributed by atoms with Gasteiger partial charge in [0.1, 0.15) is 16.7 Å². The van der Waals surface area contributed by atoms with Crippen LogP contribution in [0.3, 0.4) is 0 Å². The van der Waals surface area contributed by atoms with Gasteiger partial charge in [-0.1, -0.05) is 41.6 Å². The van der Waals surface area contributed by atoms with E-state index in [4.69, 9.17) is 21.1 Å². The lowest BCUT2D eigenvalue weighted by atomic mass is 10.2. The Morgan fingerprint density at radius 2 is 1.77 bits per heavy atom. The number of carbonyl (C=O) groups is 2. The molecule has 0 aromatic heterocycles. The molecule has 1 heterocycles. The van der Waals surface area contributed by atoms with Crippen LogP contribution in [-0.2, 0) is 16.1 Å². The molecule has 4 rings (SSSR count). The molecule has 1 fully saturated rings. The summed E-state index contributed by atoms with van der Waals surface area (Å²) in [6.07, 6.45) is 0.0518. The topological polar surface area (TPSA) is 80.2 Å². The van der Waals surface area contributed by atoms with Crippen molar-refractivity contribution in [3.05, 3.63) is 83.4 Å². The van der Waals surface area contributed by atoms with Crippen LogP contribution in [0.1, 0.15) is 12.0 Å². The average Bonchev–Trinajstić information content (AvgIpc) is 2.87. The van der Waals surface area contributed by atoms with Crippen LogP contribution in [0.15, 0.2) is 77.8 Å². The van der Waals surface area contributed by atoms with Crippen LogP contribution in [0.25, 0.3) is 0 Å². The van der Waals surface area contributed by atoms with Crippen LogP contribution in [0, 0.1) is 0 Å². The summed E-state index contributed by atoms with van der Waals surface area (Å²) in [7, 11) is 3.17. The van der Waals surface area contributed by atoms with E-state index in [9.17, 15) is 9.59 Å². The van der Waals surface area contributed by atoms with Gasteiger partial charge in [0, 0.05) is 23.2 Å². The Labute approximate surface area is 213 Å². The van der Waals surface area contributed by atoms with E-state index in [0.717, 1.165) is 11.3 Å². The molecule has 3 aromatic rings. The molecule has 3 aromatic carbocycles. The third kappa shape index (κ3) is 6.35. The van der Waals surface area contributed by atoms with E-state index in [2.05, 4.69) is 10.3 Å². The van der Waals surface area contributed by atoms with Gasteiger partial charge in [0.2, 0.25) is 11.8 Å². The van der Waals surface area contributed by atoms with Crippen LogP contribution in [0.5, 0.6) is 11.5 Å². The quantitative estimate of drug-likeness (QED) is 0.453. The molecule has 0 radical (unpaired) electrons. The molecule has 1 saturated heterocycles. The zero-order chi connectivity index (χ0) is 24.8. The van der Waals surface area contributed by atoms with Crippen LogP contribution in [-0.4, -0.2) is 41.4 Å². The highest BCUT2D eigenvalue weighted by atomic mass is 35.5. The number of hydrogen-bond donors (Lipinski definition) is 1. The normalized spacial score (nSPS) is 16.8. The van der Waals surface area contributed by atoms with Crippen molar-refractivity contribution in [2.45, 2.75) is 18.2 Å². The van der Waals surface area contributed by atoms with Crippen molar-refractivity contribution in [2.75, 3.05) is 19.5 Å². The number of ether oxygens (including phenoxy) is 2. The first-order chi connectivity index (χ1) is 16.9. The maximum Gasteiger partial charge on any atom is 0.238 e. The SMILES string of the molecule is COc1ccc(CN2C(=O)CC(C(=O)Nc3cccc(OC)c3)SC2=Nc2ccc(Cl)cc2)cc1. The van der Waals surface area contributed by atoms with Crippen molar-refractivity contribution in [1.29, 1.82) is 0 Å². The molecule has 1 aliphatic rings. The molecule has 1 unspecified atom stereocenters. The standard InChI is InChI=1S/C26H24ClN3O4S/c1-33-21-12-6-17(7-13-21)16-30-24(31)15-23(25(32)28-20-4-3-5-22(14-20)34-2)35-26(30)29-19-10-8-18(27)9-11-19/h3-14,23H,15-16H2,1-2H3,(H,28,32). The van der Waals surface area contributed by atoms with Crippen molar-refractivity contribution in [3.63, 3.8) is 0 Å². The molecule has 35 heavy (non-hydrogen) atoms. The minimum atomic E-state index is -0.633. The monoisotopic (exact) mass is 509 g/mol. The minimum absolute atomic E-state index is 0.0518. The van der Waals surface area contributed by atoms with Gasteiger partial charge in [-0.2, -0.15) is 0 Å². The van der Waals surface area contributed by atoms with Crippen molar-refractivity contribution >= 4 is 51.7 Å². The number of methoxy groups -OCH3 is 2. The van der Waals surface area contributed by atoms with Crippen LogP contribution < -0.4 is 14.8 Å². The lowest BCUT2D eigenvalue weighted by Crippen LogP contribution is -2.44. The predicted molar refractivity (Wildman–Crippen MR) is 140 cm³/mol. The summed E-state index contributed by atoms with van der Waals surface area (Å²) in [5, 5.41) is 3.29. The summed E-state index contributed by atoms with van der Waals surface area (Å²) in [5.74, 6) is 0.908. The summed E-state index contributed by atoms with van der Waals surface area (Å²) in [6.45, 7) is 0.326. The van der Waals surface area contributed by atoms with Gasteiger partial charge in [-0.05, 0) is 54.1 Å². The number of aliphatic imine (C=N–C) groups is 1. The molecule has 9 heteroatoms. The van der Waals surface area contributed by atoms with Gasteiger partial charge in [-0.15, -0.1) is 0 Å². The van der Waals surface area contributed by atoms with Gasteiger partial charge < -0.3 is 14.8 Å². The summed E-state index contributed by atoms with van der Waals surface area (Å²) in [5.41, 5.74) is 2.15. The van der Waals surface area contributed by atoms with Crippen LogP contribution in [0.2, 0.25) is 5.02 Å². The third-order valence-electron chi connectivity index (χ3n) is 5.32. The first kappa shape index (κ1) is 24.6. The number of benzene rings is 3. The summed E-state index contributed by atoms with van der Waals surface area (Å²) in [6, 6.07) is 21.6. The molecule has 7 nitrogen and oxygen atoms in total. The lowest BCUT2D eigenvalue weighted by molar-refractivity contribution is -0.129. The van der Waals surface area contributed by atoms with Crippen molar-refractivity contribution in [2.24, 2.45) is 4.99 Å². The number of halogens is 1. The number of anilines is 1. The number of amidine groups is 1. The van der Waals surface area contributed by atoms with Crippen molar-refractivity contribution < 1.29 is 19.1 Å². The number of nitrogens with zero attached hydrogens (tertiary/aromatic N) is 2. The van der Waals surface area contributed by atoms with Crippen LogP contribution >= 0.6 is 23.4 Å². The number of hydrogen-bond acceptors (Lipinski definition) is 6. The summed E-state index contributed by atoms with van der Waals surface area (Å²) < 4.78 is 10.4. The van der Waals surface area contributed by atoms with Gasteiger partial charge in [0.15, 0.2) is 5.17 Å². The molecule has 0 saturated carbocycles. The molecule has 2 amide bonds. The fourth-order valence-corrected chi connectivity index (χ4v) is 4.68. The predicted octanol–water partition coefficient (Wildman–Crippen LogP) is 5.52. The summed E-state index contributed by atoms with van der Waals surface area (Å²) >= 11 is 7.27. The zero-order valence-electron chi connectivity index (χ0n) is 19.2. The number of carbonyl (C=O) groups excluding carboxylic acids is 2. The van der Waals surface area contributed by atoms with Gasteiger partial charge in [0.05, 0.1) is 26.5 Å². The smallest absolute Gasteiger partial charge is 0.238 e. The summed E-state index contributed by atoms with van der Waals surface area (Å²) in [4.78, 5) is 32.6. The van der Waals surface area contributed by atoms with E-state index in [1.807, 2.05) is 24.3 Å². The van der Waals surface area contributed by atoms with Gasteiger partial charge in [-0.25, -0.2) is 4.99 Å². The Kier molecular flexibility index (Phi) is 7.94. The Morgan fingerprint density at radius 1 is 1.06 bits per heavy atom. The number of nitrogens with one attached hydrogen (secondary N) is 1. The molecule has 1 atom stereocenters. The zero-order valence-corrected chi connectivity index (χ0v) is 20.8. The second-order valence-electron chi connectivity index (χ2n) is 7.73. The molecule has 0 spiro atoms. The molecule has 0 aliphatic carbocycles. The molecule has 180 valence electrons. The first-order valence-corrected chi connectivity index (χ1v) is 12.1. The first-order valence-electron chi connectivity index (χ1n) is 10.8. The Balaban J connectivity index is 1.58. The maximum atomic E-state index is 13.2. The maximum absolute atomic E-state index is 13.2. The molecular formula is C26H24ClN3O4S.